The summed E-state index contributed by atoms with van der Waals surface area (Å²) in [5.74, 6) is 1.03. The number of non-ortho nitro benzene ring substituents is 1. The van der Waals surface area contributed by atoms with E-state index < -0.39 is 4.92 Å². The third kappa shape index (κ3) is 4.41. The first-order valence-electron chi connectivity index (χ1n) is 7.28. The number of benzene rings is 1. The predicted octanol–water partition coefficient (Wildman–Crippen LogP) is 2.20. The van der Waals surface area contributed by atoms with E-state index in [0.717, 1.165) is 37.9 Å². The summed E-state index contributed by atoms with van der Waals surface area (Å²) in [6, 6.07) is 4.90. The van der Waals surface area contributed by atoms with Gasteiger partial charge in [0.1, 0.15) is 5.75 Å². The van der Waals surface area contributed by atoms with Crippen molar-refractivity contribution in [2.75, 3.05) is 26.8 Å². The maximum absolute atomic E-state index is 11.0. The average Bonchev–Trinajstić information content (AvgIpc) is 2.47. The number of nitrogens with zero attached hydrogens (tertiary/aromatic N) is 2. The van der Waals surface area contributed by atoms with E-state index in [1.165, 1.54) is 13.2 Å². The minimum absolute atomic E-state index is 0.0632. The first-order chi connectivity index (χ1) is 10.1. The number of nitro benzene ring substituents is 1. The van der Waals surface area contributed by atoms with Crippen molar-refractivity contribution in [3.8, 4) is 5.75 Å². The number of rotatable bonds is 6. The molecule has 1 fully saturated rings. The summed E-state index contributed by atoms with van der Waals surface area (Å²) < 4.78 is 5.14. The summed E-state index contributed by atoms with van der Waals surface area (Å²) in [5, 5.41) is 20.0. The standard InChI is InChI=1S/C15H22N2O4/c1-21-15-8-13(7-14(9-15)17(19)20)11-16-5-2-3-12(10-16)4-6-18/h7-9,12,18H,2-6,10-11H2,1H3. The second kappa shape index (κ2) is 7.38. The highest BCUT2D eigenvalue weighted by Gasteiger charge is 2.20. The average molecular weight is 294 g/mol. The van der Waals surface area contributed by atoms with Gasteiger partial charge >= 0.3 is 0 Å². The molecule has 6 nitrogen and oxygen atoms in total. The van der Waals surface area contributed by atoms with Crippen molar-refractivity contribution in [1.82, 2.24) is 4.90 Å². The van der Waals surface area contributed by atoms with E-state index in [1.807, 2.05) is 6.07 Å². The molecule has 0 bridgehead atoms. The molecule has 6 heteroatoms. The topological polar surface area (TPSA) is 75.8 Å². The van der Waals surface area contributed by atoms with E-state index in [1.54, 1.807) is 6.07 Å². The number of methoxy groups -OCH3 is 1. The summed E-state index contributed by atoms with van der Waals surface area (Å²) in [4.78, 5) is 12.9. The zero-order valence-electron chi connectivity index (χ0n) is 12.3. The van der Waals surface area contributed by atoms with Crippen LogP contribution in [0.1, 0.15) is 24.8 Å². The normalized spacial score (nSPS) is 19.4. The molecule has 2 rings (SSSR count). The summed E-state index contributed by atoms with van der Waals surface area (Å²) in [7, 11) is 1.51. The molecule has 0 aliphatic carbocycles. The molecular weight excluding hydrogens is 272 g/mol. The molecule has 1 aromatic rings. The fourth-order valence-corrected chi connectivity index (χ4v) is 2.93. The molecule has 1 aliphatic rings. The molecule has 1 saturated heterocycles. The van der Waals surface area contributed by atoms with Crippen LogP contribution >= 0.6 is 0 Å². The zero-order chi connectivity index (χ0) is 15.2. The van der Waals surface area contributed by atoms with Crippen LogP contribution in [-0.4, -0.2) is 41.7 Å². The Hall–Kier alpha value is -1.66. The Bertz CT molecular complexity index is 491. The summed E-state index contributed by atoms with van der Waals surface area (Å²) in [6.07, 6.45) is 3.08. The van der Waals surface area contributed by atoms with Gasteiger partial charge in [-0.3, -0.25) is 15.0 Å². The van der Waals surface area contributed by atoms with Gasteiger partial charge in [0.05, 0.1) is 18.1 Å². The molecule has 0 aromatic heterocycles. The lowest BCUT2D eigenvalue weighted by molar-refractivity contribution is -0.385. The molecule has 0 saturated carbocycles. The van der Waals surface area contributed by atoms with Gasteiger partial charge in [-0.25, -0.2) is 0 Å². The van der Waals surface area contributed by atoms with Crippen LogP contribution in [0.15, 0.2) is 18.2 Å². The molecular formula is C15H22N2O4. The number of ether oxygens (including phenoxy) is 1. The number of hydrogen-bond acceptors (Lipinski definition) is 5. The van der Waals surface area contributed by atoms with Crippen molar-refractivity contribution >= 4 is 5.69 Å². The first kappa shape index (κ1) is 15.7. The molecule has 1 N–H and O–H groups in total. The van der Waals surface area contributed by atoms with Gasteiger partial charge in [0.15, 0.2) is 0 Å². The van der Waals surface area contributed by atoms with E-state index >= 15 is 0 Å². The largest absolute Gasteiger partial charge is 0.496 e. The molecule has 1 aromatic carbocycles. The number of hydrogen-bond donors (Lipinski definition) is 1. The highest BCUT2D eigenvalue weighted by molar-refractivity contribution is 5.42. The van der Waals surface area contributed by atoms with Crippen molar-refractivity contribution in [2.45, 2.75) is 25.8 Å². The van der Waals surface area contributed by atoms with Gasteiger partial charge in [0, 0.05) is 25.8 Å². The smallest absolute Gasteiger partial charge is 0.273 e. The molecule has 0 spiro atoms. The third-order valence-corrected chi connectivity index (χ3v) is 3.94. The Balaban J connectivity index is 2.07. The van der Waals surface area contributed by atoms with Crippen molar-refractivity contribution in [1.29, 1.82) is 0 Å². The van der Waals surface area contributed by atoms with Crippen molar-refractivity contribution in [3.05, 3.63) is 33.9 Å². The van der Waals surface area contributed by atoms with Crippen LogP contribution in [0.5, 0.6) is 5.75 Å². The fourth-order valence-electron chi connectivity index (χ4n) is 2.93. The third-order valence-electron chi connectivity index (χ3n) is 3.94. The minimum atomic E-state index is -0.392. The van der Waals surface area contributed by atoms with Crippen LogP contribution in [0, 0.1) is 16.0 Å². The van der Waals surface area contributed by atoms with Crippen LogP contribution in [0.25, 0.3) is 0 Å². The molecule has 0 radical (unpaired) electrons. The number of aliphatic hydroxyl groups is 1. The molecule has 1 unspecified atom stereocenters. The van der Waals surface area contributed by atoms with Gasteiger partial charge in [-0.15, -0.1) is 0 Å². The number of nitro groups is 1. The van der Waals surface area contributed by atoms with Gasteiger partial charge in [-0.05, 0) is 43.4 Å². The predicted molar refractivity (Wildman–Crippen MR) is 79.4 cm³/mol. The maximum Gasteiger partial charge on any atom is 0.273 e. The lowest BCUT2D eigenvalue weighted by Gasteiger charge is -2.32. The summed E-state index contributed by atoms with van der Waals surface area (Å²) in [6.45, 7) is 2.83. The quantitative estimate of drug-likeness (QED) is 0.643. The van der Waals surface area contributed by atoms with Crippen LogP contribution in [0.4, 0.5) is 5.69 Å². The monoisotopic (exact) mass is 294 g/mol. The lowest BCUT2D eigenvalue weighted by atomic mass is 9.95. The number of piperidine rings is 1. The highest BCUT2D eigenvalue weighted by atomic mass is 16.6. The fraction of sp³-hybridized carbons (Fsp3) is 0.600. The van der Waals surface area contributed by atoms with Gasteiger partial charge in [-0.2, -0.15) is 0 Å². The second-order valence-electron chi connectivity index (χ2n) is 5.55. The van der Waals surface area contributed by atoms with Crippen LogP contribution in [-0.2, 0) is 6.54 Å². The van der Waals surface area contributed by atoms with Crippen molar-refractivity contribution in [3.63, 3.8) is 0 Å². The van der Waals surface area contributed by atoms with Crippen LogP contribution < -0.4 is 4.74 Å². The van der Waals surface area contributed by atoms with Gasteiger partial charge in [0.25, 0.3) is 5.69 Å². The van der Waals surface area contributed by atoms with E-state index in [2.05, 4.69) is 4.90 Å². The molecule has 1 heterocycles. The minimum Gasteiger partial charge on any atom is -0.496 e. The summed E-state index contributed by atoms with van der Waals surface area (Å²) in [5.41, 5.74) is 0.957. The first-order valence-corrected chi connectivity index (χ1v) is 7.28. The Morgan fingerprint density at radius 1 is 1.48 bits per heavy atom. The molecule has 1 atom stereocenters. The van der Waals surface area contributed by atoms with Crippen LogP contribution in [0.2, 0.25) is 0 Å². The van der Waals surface area contributed by atoms with E-state index in [-0.39, 0.29) is 12.3 Å². The Labute approximate surface area is 124 Å². The van der Waals surface area contributed by atoms with Crippen molar-refractivity contribution < 1.29 is 14.8 Å². The highest BCUT2D eigenvalue weighted by Crippen LogP contribution is 2.26. The van der Waals surface area contributed by atoms with E-state index in [4.69, 9.17) is 9.84 Å². The molecule has 116 valence electrons. The molecule has 1 aliphatic heterocycles. The zero-order valence-corrected chi connectivity index (χ0v) is 12.3. The Morgan fingerprint density at radius 2 is 2.29 bits per heavy atom. The van der Waals surface area contributed by atoms with Gasteiger partial charge in [-0.1, -0.05) is 0 Å². The van der Waals surface area contributed by atoms with E-state index in [9.17, 15) is 10.1 Å². The SMILES string of the molecule is COc1cc(CN2CCCC(CCO)C2)cc([N+](=O)[O-])c1. The number of likely N-dealkylation sites (tertiary alicyclic amines) is 1. The number of aliphatic hydroxyl groups excluding tert-OH is 1. The van der Waals surface area contributed by atoms with Gasteiger partial charge < -0.3 is 9.84 Å². The molecule has 21 heavy (non-hydrogen) atoms. The second-order valence-corrected chi connectivity index (χ2v) is 5.55. The van der Waals surface area contributed by atoms with Gasteiger partial charge in [0.2, 0.25) is 0 Å². The Kier molecular flexibility index (Phi) is 5.52. The van der Waals surface area contributed by atoms with Crippen molar-refractivity contribution in [2.24, 2.45) is 5.92 Å². The van der Waals surface area contributed by atoms with Crippen LogP contribution in [0.3, 0.4) is 0 Å². The summed E-state index contributed by atoms with van der Waals surface area (Å²) >= 11 is 0. The lowest BCUT2D eigenvalue weighted by Crippen LogP contribution is -2.35. The Morgan fingerprint density at radius 3 is 2.95 bits per heavy atom. The maximum atomic E-state index is 11.0. The molecule has 0 amide bonds. The van der Waals surface area contributed by atoms with E-state index in [0.29, 0.717) is 18.2 Å².